The van der Waals surface area contributed by atoms with Crippen LogP contribution in [0.25, 0.3) is 0 Å². The zero-order chi connectivity index (χ0) is 15.5. The highest BCUT2D eigenvalue weighted by atomic mass is 16.3. The summed E-state index contributed by atoms with van der Waals surface area (Å²) in [5.41, 5.74) is 1.17. The Morgan fingerprint density at radius 1 is 1.14 bits per heavy atom. The highest BCUT2D eigenvalue weighted by Gasteiger charge is 2.61. The molecular weight excluding hydrogens is 272 g/mol. The van der Waals surface area contributed by atoms with E-state index in [-0.39, 0.29) is 5.41 Å². The van der Waals surface area contributed by atoms with Gasteiger partial charge in [-0.2, -0.15) is 0 Å². The van der Waals surface area contributed by atoms with E-state index < -0.39 is 5.60 Å². The average Bonchev–Trinajstić information content (AvgIpc) is 2.79. The van der Waals surface area contributed by atoms with Crippen molar-refractivity contribution in [2.45, 2.75) is 77.2 Å². The van der Waals surface area contributed by atoms with Crippen molar-refractivity contribution in [3.05, 3.63) is 11.6 Å². The van der Waals surface area contributed by atoms with Gasteiger partial charge in [-0.05, 0) is 86.5 Å². The summed E-state index contributed by atoms with van der Waals surface area (Å²) >= 11 is 0. The molecular formula is C20H30O2. The number of fused-ring (bicyclic) bond motifs is 5. The lowest BCUT2D eigenvalue weighted by molar-refractivity contribution is -0.122. The van der Waals surface area contributed by atoms with Crippen LogP contribution in [0.2, 0.25) is 0 Å². The van der Waals surface area contributed by atoms with Crippen LogP contribution in [-0.4, -0.2) is 16.5 Å². The van der Waals surface area contributed by atoms with E-state index in [0.29, 0.717) is 17.6 Å². The SMILES string of the molecule is CC[C@@]1(O)CCC2C3CCC4=CC(=O)CCC4C3CCC21C. The summed E-state index contributed by atoms with van der Waals surface area (Å²) in [7, 11) is 0. The molecule has 0 radical (unpaired) electrons. The fourth-order valence-corrected chi connectivity index (χ4v) is 6.87. The topological polar surface area (TPSA) is 37.3 Å². The average molecular weight is 302 g/mol. The molecule has 1 N–H and O–H groups in total. The number of carbonyl (C=O) groups excluding carboxylic acids is 1. The summed E-state index contributed by atoms with van der Waals surface area (Å²) in [6.07, 6.45) is 11.8. The van der Waals surface area contributed by atoms with Gasteiger partial charge in [-0.1, -0.05) is 19.4 Å². The Hall–Kier alpha value is -0.630. The van der Waals surface area contributed by atoms with E-state index in [4.69, 9.17) is 0 Å². The number of carbonyl (C=O) groups is 1. The maximum atomic E-state index is 11.7. The number of hydrogen-bond donors (Lipinski definition) is 1. The Morgan fingerprint density at radius 3 is 2.73 bits per heavy atom. The molecule has 0 aromatic carbocycles. The van der Waals surface area contributed by atoms with Crippen molar-refractivity contribution in [3.8, 4) is 0 Å². The molecule has 0 bridgehead atoms. The third kappa shape index (κ3) is 1.85. The molecule has 0 amide bonds. The van der Waals surface area contributed by atoms with Crippen LogP contribution < -0.4 is 0 Å². The van der Waals surface area contributed by atoms with Gasteiger partial charge in [0.1, 0.15) is 0 Å². The lowest BCUT2D eigenvalue weighted by atomic mass is 9.50. The Labute approximate surface area is 134 Å². The molecule has 2 nitrogen and oxygen atoms in total. The van der Waals surface area contributed by atoms with Crippen LogP contribution in [0.15, 0.2) is 11.6 Å². The van der Waals surface area contributed by atoms with Gasteiger partial charge in [0.25, 0.3) is 0 Å². The largest absolute Gasteiger partial charge is 0.389 e. The van der Waals surface area contributed by atoms with Crippen molar-refractivity contribution in [1.29, 1.82) is 0 Å². The van der Waals surface area contributed by atoms with E-state index in [9.17, 15) is 9.90 Å². The molecule has 0 saturated heterocycles. The van der Waals surface area contributed by atoms with Crippen LogP contribution in [0.5, 0.6) is 0 Å². The number of hydrogen-bond acceptors (Lipinski definition) is 2. The predicted octanol–water partition coefficient (Wildman–Crippen LogP) is 4.27. The molecule has 4 rings (SSSR count). The number of allylic oxidation sites excluding steroid dienone is 1. The molecule has 22 heavy (non-hydrogen) atoms. The second-order valence-electron chi connectivity index (χ2n) is 8.68. The maximum absolute atomic E-state index is 11.7. The molecule has 4 aliphatic carbocycles. The molecule has 0 spiro atoms. The first-order valence-electron chi connectivity index (χ1n) is 9.44. The van der Waals surface area contributed by atoms with Gasteiger partial charge in [0, 0.05) is 6.42 Å². The zero-order valence-corrected chi connectivity index (χ0v) is 14.1. The third-order valence-corrected chi connectivity index (χ3v) is 8.21. The Kier molecular flexibility index (Phi) is 3.35. The fourth-order valence-electron chi connectivity index (χ4n) is 6.87. The summed E-state index contributed by atoms with van der Waals surface area (Å²) in [5.74, 6) is 3.30. The highest BCUT2D eigenvalue weighted by molar-refractivity contribution is 5.91. The van der Waals surface area contributed by atoms with Crippen LogP contribution in [0.4, 0.5) is 0 Å². The molecule has 0 heterocycles. The third-order valence-electron chi connectivity index (χ3n) is 8.21. The summed E-state index contributed by atoms with van der Waals surface area (Å²) < 4.78 is 0. The molecule has 4 aliphatic rings. The minimum absolute atomic E-state index is 0.134. The Morgan fingerprint density at radius 2 is 1.95 bits per heavy atom. The van der Waals surface area contributed by atoms with Crippen LogP contribution >= 0.6 is 0 Å². The molecule has 2 heteroatoms. The van der Waals surface area contributed by atoms with Gasteiger partial charge >= 0.3 is 0 Å². The van der Waals surface area contributed by atoms with Crippen LogP contribution in [0, 0.1) is 29.1 Å². The summed E-state index contributed by atoms with van der Waals surface area (Å²) in [6.45, 7) is 4.54. The number of aliphatic hydroxyl groups is 1. The Balaban J connectivity index is 1.63. The molecule has 3 saturated carbocycles. The van der Waals surface area contributed by atoms with Gasteiger partial charge in [-0.25, -0.2) is 0 Å². The van der Waals surface area contributed by atoms with E-state index in [2.05, 4.69) is 13.8 Å². The van der Waals surface area contributed by atoms with Crippen LogP contribution in [0.1, 0.15) is 71.6 Å². The predicted molar refractivity (Wildman–Crippen MR) is 87.3 cm³/mol. The minimum Gasteiger partial charge on any atom is -0.389 e. The van der Waals surface area contributed by atoms with E-state index in [1.165, 1.54) is 31.3 Å². The number of ketones is 1. The molecule has 3 fully saturated rings. The van der Waals surface area contributed by atoms with Gasteiger partial charge in [0.05, 0.1) is 5.60 Å². The number of rotatable bonds is 1. The van der Waals surface area contributed by atoms with E-state index in [0.717, 1.165) is 43.9 Å². The highest BCUT2D eigenvalue weighted by Crippen LogP contribution is 2.65. The quantitative estimate of drug-likeness (QED) is 0.785. The van der Waals surface area contributed by atoms with Gasteiger partial charge in [0.15, 0.2) is 5.78 Å². The van der Waals surface area contributed by atoms with Gasteiger partial charge < -0.3 is 5.11 Å². The monoisotopic (exact) mass is 302 g/mol. The molecule has 6 atom stereocenters. The van der Waals surface area contributed by atoms with Crippen LogP contribution in [-0.2, 0) is 4.79 Å². The van der Waals surface area contributed by atoms with Crippen LogP contribution in [0.3, 0.4) is 0 Å². The van der Waals surface area contributed by atoms with Crippen molar-refractivity contribution < 1.29 is 9.90 Å². The minimum atomic E-state index is -0.429. The van der Waals surface area contributed by atoms with Crippen molar-refractivity contribution in [1.82, 2.24) is 0 Å². The normalized spacial score (nSPS) is 50.9. The van der Waals surface area contributed by atoms with E-state index in [1.807, 2.05) is 6.08 Å². The Bertz CT molecular complexity index is 522. The molecule has 5 unspecified atom stereocenters. The maximum Gasteiger partial charge on any atom is 0.155 e. The van der Waals surface area contributed by atoms with Crippen molar-refractivity contribution >= 4 is 5.78 Å². The molecule has 0 aliphatic heterocycles. The zero-order valence-electron chi connectivity index (χ0n) is 14.1. The first-order valence-corrected chi connectivity index (χ1v) is 9.44. The summed E-state index contributed by atoms with van der Waals surface area (Å²) in [4.78, 5) is 11.7. The van der Waals surface area contributed by atoms with Gasteiger partial charge in [0.2, 0.25) is 0 Å². The standard InChI is InChI=1S/C20H30O2/c1-3-20(22)11-9-18-17-6-4-13-12-14(21)5-7-15(13)16(17)8-10-19(18,20)2/h12,15-18,22H,3-11H2,1-2H3/t15?,16?,17?,18?,19?,20-/m1/s1. The summed E-state index contributed by atoms with van der Waals surface area (Å²) in [6, 6.07) is 0. The van der Waals surface area contributed by atoms with Crippen molar-refractivity contribution in [3.63, 3.8) is 0 Å². The molecule has 0 aromatic heterocycles. The van der Waals surface area contributed by atoms with E-state index in [1.54, 1.807) is 0 Å². The van der Waals surface area contributed by atoms with E-state index >= 15 is 0 Å². The first-order chi connectivity index (χ1) is 10.5. The van der Waals surface area contributed by atoms with Crippen molar-refractivity contribution in [2.24, 2.45) is 29.1 Å². The smallest absolute Gasteiger partial charge is 0.155 e. The second-order valence-corrected chi connectivity index (χ2v) is 8.68. The lowest BCUT2D eigenvalue weighted by Crippen LogP contribution is -2.52. The lowest BCUT2D eigenvalue weighted by Gasteiger charge is -2.55. The van der Waals surface area contributed by atoms with Gasteiger partial charge in [-0.15, -0.1) is 0 Å². The second kappa shape index (κ2) is 4.93. The first kappa shape index (κ1) is 14.9. The van der Waals surface area contributed by atoms with Gasteiger partial charge in [-0.3, -0.25) is 4.79 Å². The fraction of sp³-hybridized carbons (Fsp3) is 0.850. The molecule has 0 aromatic rings. The molecule has 122 valence electrons. The van der Waals surface area contributed by atoms with Crippen molar-refractivity contribution in [2.75, 3.05) is 0 Å². The summed E-state index contributed by atoms with van der Waals surface area (Å²) in [5, 5.41) is 11.2.